The summed E-state index contributed by atoms with van der Waals surface area (Å²) in [6.45, 7) is 2.96. The van der Waals surface area contributed by atoms with E-state index in [1.165, 1.54) is 12.8 Å². The monoisotopic (exact) mass is 498 g/mol. The van der Waals surface area contributed by atoms with Crippen LogP contribution in [0.15, 0.2) is 0 Å². The van der Waals surface area contributed by atoms with Crippen molar-refractivity contribution in [3.8, 4) is 0 Å². The highest BCUT2D eigenvalue weighted by molar-refractivity contribution is 5.75. The van der Waals surface area contributed by atoms with Gasteiger partial charge in [0.15, 0.2) is 12.4 Å². The van der Waals surface area contributed by atoms with Crippen molar-refractivity contribution in [1.82, 2.24) is 0 Å². The van der Waals surface area contributed by atoms with E-state index in [1.807, 2.05) is 6.92 Å². The van der Waals surface area contributed by atoms with Crippen molar-refractivity contribution in [2.24, 2.45) is 0 Å². The number of hydrogen-bond donors (Lipinski definition) is 8. The van der Waals surface area contributed by atoms with Gasteiger partial charge in [-0.15, -0.1) is 0 Å². The largest absolute Gasteiger partial charge is 0.457 e. The molecule has 0 aliphatic rings. The van der Waals surface area contributed by atoms with Gasteiger partial charge in [-0.25, -0.2) is 4.79 Å². The third-order valence-corrected chi connectivity index (χ3v) is 5.76. The number of ether oxygens (including phenoxy) is 2. The topological polar surface area (TPSA) is 197 Å². The molecule has 0 spiro atoms. The van der Waals surface area contributed by atoms with Crippen LogP contribution in [0.2, 0.25) is 0 Å². The van der Waals surface area contributed by atoms with Crippen LogP contribution in [0.3, 0.4) is 0 Å². The number of aliphatic hydroxyl groups is 8. The van der Waals surface area contributed by atoms with Crippen LogP contribution in [0.4, 0.5) is 0 Å². The third kappa shape index (κ3) is 12.7. The number of carbonyl (C=O) groups excluding carboxylic acids is 1. The second kappa shape index (κ2) is 19.3. The summed E-state index contributed by atoms with van der Waals surface area (Å²) >= 11 is 0. The maximum atomic E-state index is 12.1. The van der Waals surface area contributed by atoms with E-state index in [4.69, 9.17) is 14.6 Å². The Hall–Kier alpha value is -0.890. The zero-order chi connectivity index (χ0) is 26.1. The van der Waals surface area contributed by atoms with E-state index in [0.29, 0.717) is 12.8 Å². The fourth-order valence-corrected chi connectivity index (χ4v) is 3.49. The highest BCUT2D eigenvalue weighted by Crippen LogP contribution is 2.19. The van der Waals surface area contributed by atoms with Crippen molar-refractivity contribution < 1.29 is 55.1 Å². The molecule has 0 bridgehead atoms. The molecule has 0 rings (SSSR count). The molecule has 0 saturated heterocycles. The Morgan fingerprint density at radius 3 is 1.88 bits per heavy atom. The predicted octanol–water partition coefficient (Wildman–Crippen LogP) is -0.668. The standard InChI is InChI=1S/C23H46O11/c1-3-5-6-7-8-9-10-15(4-2)33-22(31)21(30)19(28)17(12-14-25)34-23(32)20(29)18(27)16(26)11-13-24/h15-22,24-31H,3-14H2,1-2H3. The first-order chi connectivity index (χ1) is 16.1. The third-order valence-electron chi connectivity index (χ3n) is 5.76. The quantitative estimate of drug-likeness (QED) is 0.0567. The summed E-state index contributed by atoms with van der Waals surface area (Å²) in [5.41, 5.74) is 0. The lowest BCUT2D eigenvalue weighted by Gasteiger charge is -2.31. The van der Waals surface area contributed by atoms with Crippen LogP contribution in [-0.4, -0.2) is 109 Å². The summed E-state index contributed by atoms with van der Waals surface area (Å²) in [6.07, 6.45) is -6.07. The van der Waals surface area contributed by atoms with Gasteiger partial charge in [-0.1, -0.05) is 52.4 Å². The predicted molar refractivity (Wildman–Crippen MR) is 122 cm³/mol. The van der Waals surface area contributed by atoms with Crippen LogP contribution >= 0.6 is 0 Å². The molecule has 0 aromatic rings. The number of aliphatic hydroxyl groups excluding tert-OH is 8. The van der Waals surface area contributed by atoms with Crippen LogP contribution in [-0.2, 0) is 14.3 Å². The fourth-order valence-electron chi connectivity index (χ4n) is 3.49. The molecule has 0 aliphatic carbocycles. The van der Waals surface area contributed by atoms with E-state index in [0.717, 1.165) is 25.7 Å². The van der Waals surface area contributed by atoms with E-state index in [1.54, 1.807) is 0 Å². The molecule has 34 heavy (non-hydrogen) atoms. The molecule has 0 aromatic heterocycles. The van der Waals surface area contributed by atoms with Gasteiger partial charge in [-0.05, 0) is 19.3 Å². The molecule has 0 saturated carbocycles. The van der Waals surface area contributed by atoms with Crippen molar-refractivity contribution >= 4 is 5.97 Å². The van der Waals surface area contributed by atoms with Gasteiger partial charge in [0.1, 0.15) is 24.4 Å². The van der Waals surface area contributed by atoms with Crippen LogP contribution in [0.25, 0.3) is 0 Å². The summed E-state index contributed by atoms with van der Waals surface area (Å²) in [5, 5.41) is 78.3. The van der Waals surface area contributed by atoms with Crippen molar-refractivity contribution in [2.45, 2.75) is 127 Å². The van der Waals surface area contributed by atoms with E-state index in [-0.39, 0.29) is 18.9 Å². The van der Waals surface area contributed by atoms with Gasteiger partial charge in [-0.3, -0.25) is 0 Å². The molecular weight excluding hydrogens is 452 g/mol. The van der Waals surface area contributed by atoms with Crippen molar-refractivity contribution in [2.75, 3.05) is 13.2 Å². The van der Waals surface area contributed by atoms with Gasteiger partial charge in [0.05, 0.1) is 12.2 Å². The Balaban J connectivity index is 4.86. The number of esters is 1. The van der Waals surface area contributed by atoms with E-state index in [2.05, 4.69) is 6.92 Å². The average Bonchev–Trinajstić information content (AvgIpc) is 2.82. The molecule has 0 aliphatic heterocycles. The molecule has 8 unspecified atom stereocenters. The molecule has 0 fully saturated rings. The molecule has 8 N–H and O–H groups in total. The molecule has 0 radical (unpaired) electrons. The number of unbranched alkanes of at least 4 members (excludes halogenated alkanes) is 5. The second-order valence-corrected chi connectivity index (χ2v) is 8.60. The summed E-state index contributed by atoms with van der Waals surface area (Å²) in [5.74, 6) is -1.42. The molecule has 0 heterocycles. The lowest BCUT2D eigenvalue weighted by molar-refractivity contribution is -0.228. The van der Waals surface area contributed by atoms with Crippen molar-refractivity contribution in [3.63, 3.8) is 0 Å². The molecule has 204 valence electrons. The minimum atomic E-state index is -2.20. The molecule has 0 amide bonds. The SMILES string of the molecule is CCCCCCCCC(CC)OC(O)C(O)C(O)C(CCO)OC(=O)C(O)C(O)C(O)CCO. The zero-order valence-corrected chi connectivity index (χ0v) is 20.4. The van der Waals surface area contributed by atoms with E-state index in [9.17, 15) is 40.5 Å². The van der Waals surface area contributed by atoms with Gasteiger partial charge in [0, 0.05) is 19.6 Å². The van der Waals surface area contributed by atoms with Gasteiger partial charge < -0.3 is 50.3 Å². The van der Waals surface area contributed by atoms with E-state index < -0.39 is 62.1 Å². The first-order valence-corrected chi connectivity index (χ1v) is 12.3. The molecule has 11 heteroatoms. The Kier molecular flexibility index (Phi) is 18.8. The number of rotatable bonds is 21. The van der Waals surface area contributed by atoms with Gasteiger partial charge in [0.2, 0.25) is 0 Å². The highest BCUT2D eigenvalue weighted by Gasteiger charge is 2.38. The molecule has 11 nitrogen and oxygen atoms in total. The molecule has 8 atom stereocenters. The van der Waals surface area contributed by atoms with Gasteiger partial charge in [0.25, 0.3) is 0 Å². The van der Waals surface area contributed by atoms with Gasteiger partial charge >= 0.3 is 5.97 Å². The zero-order valence-electron chi connectivity index (χ0n) is 20.4. The van der Waals surface area contributed by atoms with Gasteiger partial charge in [-0.2, -0.15) is 0 Å². The van der Waals surface area contributed by atoms with Crippen molar-refractivity contribution in [1.29, 1.82) is 0 Å². The lowest BCUT2D eigenvalue weighted by Crippen LogP contribution is -2.50. The normalized spacial score (nSPS) is 19.0. The maximum Gasteiger partial charge on any atom is 0.338 e. The first kappa shape index (κ1) is 33.1. The summed E-state index contributed by atoms with van der Waals surface area (Å²) in [4.78, 5) is 12.1. The first-order valence-electron chi connectivity index (χ1n) is 12.3. The van der Waals surface area contributed by atoms with E-state index >= 15 is 0 Å². The summed E-state index contributed by atoms with van der Waals surface area (Å²) in [7, 11) is 0. The Bertz CT molecular complexity index is 507. The van der Waals surface area contributed by atoms with Crippen molar-refractivity contribution in [3.05, 3.63) is 0 Å². The number of hydrogen-bond acceptors (Lipinski definition) is 11. The minimum Gasteiger partial charge on any atom is -0.457 e. The average molecular weight is 499 g/mol. The molecular formula is C23H46O11. The van der Waals surface area contributed by atoms with Crippen LogP contribution in [0, 0.1) is 0 Å². The molecule has 0 aromatic carbocycles. The Morgan fingerprint density at radius 1 is 0.735 bits per heavy atom. The Labute approximate surface area is 202 Å². The highest BCUT2D eigenvalue weighted by atomic mass is 16.6. The smallest absolute Gasteiger partial charge is 0.338 e. The summed E-state index contributed by atoms with van der Waals surface area (Å²) in [6, 6.07) is 0. The fraction of sp³-hybridized carbons (Fsp3) is 0.957. The maximum absolute atomic E-state index is 12.1. The lowest BCUT2D eigenvalue weighted by atomic mass is 10.0. The van der Waals surface area contributed by atoms with Crippen LogP contribution in [0.1, 0.15) is 78.1 Å². The van der Waals surface area contributed by atoms with Crippen LogP contribution < -0.4 is 0 Å². The number of carbonyl (C=O) groups is 1. The van der Waals surface area contributed by atoms with Crippen LogP contribution in [0.5, 0.6) is 0 Å². The summed E-state index contributed by atoms with van der Waals surface area (Å²) < 4.78 is 10.4. The Morgan fingerprint density at radius 2 is 1.32 bits per heavy atom. The second-order valence-electron chi connectivity index (χ2n) is 8.60. The minimum absolute atomic E-state index is 0.298.